The van der Waals surface area contributed by atoms with E-state index in [2.05, 4.69) is 5.32 Å². The summed E-state index contributed by atoms with van der Waals surface area (Å²) in [6, 6.07) is 10.5. The molecular formula is C20H18ClNO4. The Bertz CT molecular complexity index is 1060. The Kier molecular flexibility index (Phi) is 5.00. The van der Waals surface area contributed by atoms with Crippen LogP contribution in [0.1, 0.15) is 16.7 Å². The van der Waals surface area contributed by atoms with Gasteiger partial charge in [-0.05, 0) is 49.7 Å². The third-order valence-corrected chi connectivity index (χ3v) is 4.55. The van der Waals surface area contributed by atoms with Gasteiger partial charge in [-0.1, -0.05) is 17.7 Å². The lowest BCUT2D eigenvalue weighted by atomic mass is 10.0. The Morgan fingerprint density at radius 1 is 1.19 bits per heavy atom. The molecule has 0 radical (unpaired) electrons. The van der Waals surface area contributed by atoms with E-state index >= 15 is 0 Å². The van der Waals surface area contributed by atoms with Gasteiger partial charge in [0.15, 0.2) is 0 Å². The van der Waals surface area contributed by atoms with Crippen molar-refractivity contribution in [2.45, 2.75) is 20.3 Å². The van der Waals surface area contributed by atoms with E-state index in [9.17, 15) is 9.59 Å². The highest BCUT2D eigenvalue weighted by Crippen LogP contribution is 2.29. The zero-order valence-electron chi connectivity index (χ0n) is 14.7. The molecule has 0 saturated heterocycles. The molecule has 2 aromatic carbocycles. The van der Waals surface area contributed by atoms with E-state index in [0.29, 0.717) is 27.6 Å². The molecule has 1 N–H and O–H groups in total. The summed E-state index contributed by atoms with van der Waals surface area (Å²) in [5.74, 6) is 0.332. The third kappa shape index (κ3) is 3.44. The summed E-state index contributed by atoms with van der Waals surface area (Å²) in [7, 11) is 1.56. The lowest BCUT2D eigenvalue weighted by Crippen LogP contribution is -2.20. The second-order valence-corrected chi connectivity index (χ2v) is 6.43. The first-order valence-electron chi connectivity index (χ1n) is 8.06. The van der Waals surface area contributed by atoms with Crippen molar-refractivity contribution < 1.29 is 13.9 Å². The predicted molar refractivity (Wildman–Crippen MR) is 102 cm³/mol. The largest absolute Gasteiger partial charge is 0.496 e. The number of carbonyl (C=O) groups is 1. The molecule has 0 bridgehead atoms. The van der Waals surface area contributed by atoms with E-state index in [4.69, 9.17) is 20.8 Å². The van der Waals surface area contributed by atoms with Crippen LogP contribution in [-0.4, -0.2) is 13.0 Å². The van der Waals surface area contributed by atoms with Crippen molar-refractivity contribution >= 4 is 34.2 Å². The maximum atomic E-state index is 12.4. The number of methoxy groups -OCH3 is 1. The first-order valence-corrected chi connectivity index (χ1v) is 8.43. The normalized spacial score (nSPS) is 10.8. The fraction of sp³-hybridized carbons (Fsp3) is 0.200. The van der Waals surface area contributed by atoms with Gasteiger partial charge in [0.1, 0.15) is 11.3 Å². The first-order chi connectivity index (χ1) is 12.4. The van der Waals surface area contributed by atoms with Crippen LogP contribution in [0.2, 0.25) is 5.02 Å². The van der Waals surface area contributed by atoms with Gasteiger partial charge >= 0.3 is 5.63 Å². The zero-order chi connectivity index (χ0) is 18.8. The fourth-order valence-corrected chi connectivity index (χ4v) is 3.12. The molecule has 1 heterocycles. The molecule has 0 saturated carbocycles. The Balaban J connectivity index is 1.95. The third-order valence-electron chi connectivity index (χ3n) is 4.32. The van der Waals surface area contributed by atoms with Gasteiger partial charge in [0, 0.05) is 21.7 Å². The Hall–Kier alpha value is -2.79. The molecule has 3 aromatic rings. The van der Waals surface area contributed by atoms with Crippen LogP contribution in [-0.2, 0) is 11.2 Å². The van der Waals surface area contributed by atoms with Crippen LogP contribution in [0.25, 0.3) is 11.0 Å². The molecule has 3 rings (SSSR count). The number of hydrogen-bond acceptors (Lipinski definition) is 4. The average Bonchev–Trinajstić information content (AvgIpc) is 2.59. The van der Waals surface area contributed by atoms with E-state index in [0.717, 1.165) is 16.5 Å². The predicted octanol–water partition coefficient (Wildman–Crippen LogP) is 4.25. The lowest BCUT2D eigenvalue weighted by molar-refractivity contribution is -0.115. The minimum atomic E-state index is -0.521. The summed E-state index contributed by atoms with van der Waals surface area (Å²) < 4.78 is 10.7. The van der Waals surface area contributed by atoms with Crippen molar-refractivity contribution in [3.8, 4) is 5.75 Å². The smallest absolute Gasteiger partial charge is 0.340 e. The number of fused-ring (bicyclic) bond motifs is 1. The summed E-state index contributed by atoms with van der Waals surface area (Å²) in [6.07, 6.45) is -0.0816. The van der Waals surface area contributed by atoms with Gasteiger partial charge in [0.05, 0.1) is 19.1 Å². The molecule has 5 nitrogen and oxygen atoms in total. The van der Waals surface area contributed by atoms with Crippen LogP contribution in [0.5, 0.6) is 5.75 Å². The van der Waals surface area contributed by atoms with Crippen molar-refractivity contribution in [3.63, 3.8) is 0 Å². The van der Waals surface area contributed by atoms with Crippen molar-refractivity contribution in [1.82, 2.24) is 0 Å². The number of anilines is 1. The van der Waals surface area contributed by atoms with Gasteiger partial charge in [-0.2, -0.15) is 0 Å². The SMILES string of the molecule is COc1ccc2c(C)c(CC(=O)Nc3cccc(Cl)c3)c(=O)oc2c1C. The number of rotatable bonds is 4. The molecule has 1 amide bonds. The van der Waals surface area contributed by atoms with Crippen LogP contribution in [0.15, 0.2) is 45.6 Å². The lowest BCUT2D eigenvalue weighted by Gasteiger charge is -2.12. The van der Waals surface area contributed by atoms with E-state index < -0.39 is 5.63 Å². The maximum absolute atomic E-state index is 12.4. The number of benzene rings is 2. The molecule has 0 aliphatic heterocycles. The average molecular weight is 372 g/mol. The summed E-state index contributed by atoms with van der Waals surface area (Å²) >= 11 is 5.92. The van der Waals surface area contributed by atoms with E-state index in [1.165, 1.54) is 0 Å². The number of amides is 1. The van der Waals surface area contributed by atoms with Gasteiger partial charge < -0.3 is 14.5 Å². The Morgan fingerprint density at radius 3 is 2.65 bits per heavy atom. The summed E-state index contributed by atoms with van der Waals surface area (Å²) in [6.45, 7) is 3.64. The van der Waals surface area contributed by atoms with Gasteiger partial charge in [-0.25, -0.2) is 4.79 Å². The Labute approximate surface area is 155 Å². The highest BCUT2D eigenvalue weighted by atomic mass is 35.5. The summed E-state index contributed by atoms with van der Waals surface area (Å²) in [4.78, 5) is 24.8. The highest BCUT2D eigenvalue weighted by Gasteiger charge is 2.17. The molecule has 6 heteroatoms. The molecule has 0 unspecified atom stereocenters. The van der Waals surface area contributed by atoms with Crippen LogP contribution in [0.4, 0.5) is 5.69 Å². The summed E-state index contributed by atoms with van der Waals surface area (Å²) in [5.41, 5.74) is 2.34. The van der Waals surface area contributed by atoms with E-state index in [1.54, 1.807) is 31.4 Å². The second-order valence-electron chi connectivity index (χ2n) is 6.00. The van der Waals surface area contributed by atoms with Crippen molar-refractivity contribution in [2.75, 3.05) is 12.4 Å². The number of aryl methyl sites for hydroxylation is 2. The fourth-order valence-electron chi connectivity index (χ4n) is 2.93. The van der Waals surface area contributed by atoms with Gasteiger partial charge in [-0.15, -0.1) is 0 Å². The number of nitrogens with one attached hydrogen (secondary N) is 1. The van der Waals surface area contributed by atoms with E-state index in [1.807, 2.05) is 26.0 Å². The minimum Gasteiger partial charge on any atom is -0.496 e. The Morgan fingerprint density at radius 2 is 1.96 bits per heavy atom. The van der Waals surface area contributed by atoms with Crippen LogP contribution in [0, 0.1) is 13.8 Å². The van der Waals surface area contributed by atoms with Crippen LogP contribution >= 0.6 is 11.6 Å². The van der Waals surface area contributed by atoms with Crippen molar-refractivity contribution in [2.24, 2.45) is 0 Å². The van der Waals surface area contributed by atoms with Crippen molar-refractivity contribution in [1.29, 1.82) is 0 Å². The molecule has 0 aliphatic rings. The number of ether oxygens (including phenoxy) is 1. The van der Waals surface area contributed by atoms with Gasteiger partial charge in [0.25, 0.3) is 0 Å². The zero-order valence-corrected chi connectivity index (χ0v) is 15.4. The summed E-state index contributed by atoms with van der Waals surface area (Å²) in [5, 5.41) is 4.05. The number of halogens is 1. The first kappa shape index (κ1) is 18.0. The van der Waals surface area contributed by atoms with Gasteiger partial charge in [-0.3, -0.25) is 4.79 Å². The molecule has 0 spiro atoms. The molecule has 0 fully saturated rings. The molecule has 0 aliphatic carbocycles. The molecule has 134 valence electrons. The standard InChI is InChI=1S/C20H18ClNO4/c1-11-15-7-8-17(25-3)12(2)19(15)26-20(24)16(11)10-18(23)22-14-6-4-5-13(21)9-14/h4-9H,10H2,1-3H3,(H,22,23). The molecule has 1 aromatic heterocycles. The quantitative estimate of drug-likeness (QED) is 0.696. The minimum absolute atomic E-state index is 0.0816. The molecule has 0 atom stereocenters. The van der Waals surface area contributed by atoms with Crippen LogP contribution in [0.3, 0.4) is 0 Å². The maximum Gasteiger partial charge on any atom is 0.340 e. The molecular weight excluding hydrogens is 354 g/mol. The van der Waals surface area contributed by atoms with Crippen LogP contribution < -0.4 is 15.7 Å². The highest BCUT2D eigenvalue weighted by molar-refractivity contribution is 6.30. The second kappa shape index (κ2) is 7.22. The monoisotopic (exact) mass is 371 g/mol. The number of carbonyl (C=O) groups excluding carboxylic acids is 1. The van der Waals surface area contributed by atoms with Crippen molar-refractivity contribution in [3.05, 3.63) is 68.5 Å². The van der Waals surface area contributed by atoms with Gasteiger partial charge in [0.2, 0.25) is 5.91 Å². The van der Waals surface area contributed by atoms with E-state index in [-0.39, 0.29) is 12.3 Å². The molecule has 26 heavy (non-hydrogen) atoms. The topological polar surface area (TPSA) is 68.5 Å². The number of hydrogen-bond donors (Lipinski definition) is 1.